The monoisotopic (exact) mass is 221 g/mol. The molecule has 0 bridgehead atoms. The van der Waals surface area contributed by atoms with Gasteiger partial charge in [0.1, 0.15) is 5.75 Å². The van der Waals surface area contributed by atoms with Crippen LogP contribution in [0.25, 0.3) is 0 Å². The van der Waals surface area contributed by atoms with Gasteiger partial charge < -0.3 is 10.5 Å². The first-order valence-electron chi connectivity index (χ1n) is 6.00. The minimum absolute atomic E-state index is 0.156. The predicted octanol–water partition coefficient (Wildman–Crippen LogP) is 3.50. The van der Waals surface area contributed by atoms with Gasteiger partial charge >= 0.3 is 0 Å². The van der Waals surface area contributed by atoms with Gasteiger partial charge in [-0.3, -0.25) is 0 Å². The second kappa shape index (κ2) is 5.90. The molecule has 16 heavy (non-hydrogen) atoms. The third kappa shape index (κ3) is 2.99. The number of nitrogens with two attached hydrogens (primary N) is 1. The Kier molecular flexibility index (Phi) is 4.81. The van der Waals surface area contributed by atoms with E-state index in [1.165, 1.54) is 29.5 Å². The molecule has 2 N–H and O–H groups in total. The molecular weight excluding hydrogens is 198 g/mol. The zero-order valence-corrected chi connectivity index (χ0v) is 10.8. The fraction of sp³-hybridized carbons (Fsp3) is 0.571. The maximum Gasteiger partial charge on any atom is 0.124 e. The molecule has 0 saturated carbocycles. The minimum atomic E-state index is 0.156. The van der Waals surface area contributed by atoms with Crippen LogP contribution in [0.3, 0.4) is 0 Å². The van der Waals surface area contributed by atoms with Crippen molar-refractivity contribution < 1.29 is 4.74 Å². The van der Waals surface area contributed by atoms with Crippen molar-refractivity contribution in [2.45, 2.75) is 46.1 Å². The van der Waals surface area contributed by atoms with Gasteiger partial charge in [-0.25, -0.2) is 0 Å². The highest BCUT2D eigenvalue weighted by molar-refractivity contribution is 5.44. The Balaban J connectivity index is 2.90. The Morgan fingerprint density at radius 1 is 1.25 bits per heavy atom. The zero-order chi connectivity index (χ0) is 12.1. The van der Waals surface area contributed by atoms with E-state index < -0.39 is 0 Å². The van der Waals surface area contributed by atoms with Crippen LogP contribution in [0.4, 0.5) is 0 Å². The molecule has 0 aliphatic carbocycles. The van der Waals surface area contributed by atoms with Crippen LogP contribution in [-0.4, -0.2) is 7.11 Å². The molecule has 1 aromatic carbocycles. The van der Waals surface area contributed by atoms with Crippen LogP contribution in [0, 0.1) is 13.8 Å². The Bertz CT molecular complexity index is 324. The van der Waals surface area contributed by atoms with E-state index >= 15 is 0 Å². The van der Waals surface area contributed by atoms with E-state index in [1.54, 1.807) is 7.11 Å². The van der Waals surface area contributed by atoms with Crippen LogP contribution in [0.1, 0.15) is 48.9 Å². The molecule has 90 valence electrons. The summed E-state index contributed by atoms with van der Waals surface area (Å²) < 4.78 is 5.35. The lowest BCUT2D eigenvalue weighted by Gasteiger charge is -2.16. The molecule has 0 unspecified atom stereocenters. The highest BCUT2D eigenvalue weighted by atomic mass is 16.5. The van der Waals surface area contributed by atoms with Gasteiger partial charge in [0.25, 0.3) is 0 Å². The van der Waals surface area contributed by atoms with E-state index in [9.17, 15) is 0 Å². The fourth-order valence-electron chi connectivity index (χ4n) is 2.11. The van der Waals surface area contributed by atoms with Gasteiger partial charge in [-0.1, -0.05) is 31.9 Å². The molecule has 1 rings (SSSR count). The SMILES string of the molecule is CCCC[C@@H](N)c1cc(C)c(OC)c(C)c1. The highest BCUT2D eigenvalue weighted by Gasteiger charge is 2.10. The summed E-state index contributed by atoms with van der Waals surface area (Å²) in [7, 11) is 1.71. The summed E-state index contributed by atoms with van der Waals surface area (Å²) in [5, 5.41) is 0. The lowest BCUT2D eigenvalue weighted by Crippen LogP contribution is -2.11. The van der Waals surface area contributed by atoms with Crippen molar-refractivity contribution in [1.29, 1.82) is 0 Å². The van der Waals surface area contributed by atoms with Gasteiger partial charge in [0.05, 0.1) is 7.11 Å². The maximum atomic E-state index is 6.17. The van der Waals surface area contributed by atoms with Crippen LogP contribution in [-0.2, 0) is 0 Å². The first kappa shape index (κ1) is 13.0. The summed E-state index contributed by atoms with van der Waals surface area (Å²) in [5.74, 6) is 0.978. The van der Waals surface area contributed by atoms with Crippen molar-refractivity contribution in [2.75, 3.05) is 7.11 Å². The average Bonchev–Trinajstić information content (AvgIpc) is 2.25. The third-order valence-corrected chi connectivity index (χ3v) is 2.98. The molecular formula is C14H23NO. The van der Waals surface area contributed by atoms with Gasteiger partial charge in [0, 0.05) is 6.04 Å². The maximum absolute atomic E-state index is 6.17. The number of unbranched alkanes of at least 4 members (excludes halogenated alkanes) is 1. The minimum Gasteiger partial charge on any atom is -0.496 e. The normalized spacial score (nSPS) is 12.6. The van der Waals surface area contributed by atoms with Crippen LogP contribution in [0.15, 0.2) is 12.1 Å². The van der Waals surface area contributed by atoms with Gasteiger partial charge in [0.15, 0.2) is 0 Å². The summed E-state index contributed by atoms with van der Waals surface area (Å²) in [6, 6.07) is 4.45. The Labute approximate surface area is 98.8 Å². The van der Waals surface area contributed by atoms with E-state index in [1.807, 2.05) is 0 Å². The number of hydrogen-bond acceptors (Lipinski definition) is 2. The molecule has 0 aromatic heterocycles. The van der Waals surface area contributed by atoms with E-state index in [0.717, 1.165) is 12.2 Å². The summed E-state index contributed by atoms with van der Waals surface area (Å²) in [6.45, 7) is 6.33. The number of hydrogen-bond donors (Lipinski definition) is 1. The average molecular weight is 221 g/mol. The molecule has 0 fully saturated rings. The summed E-state index contributed by atoms with van der Waals surface area (Å²) >= 11 is 0. The Morgan fingerprint density at radius 3 is 2.25 bits per heavy atom. The molecule has 2 nitrogen and oxygen atoms in total. The molecule has 0 heterocycles. The largest absolute Gasteiger partial charge is 0.496 e. The van der Waals surface area contributed by atoms with Gasteiger partial charge in [-0.15, -0.1) is 0 Å². The summed E-state index contributed by atoms with van der Waals surface area (Å²) in [6.07, 6.45) is 3.44. The van der Waals surface area contributed by atoms with Crippen molar-refractivity contribution >= 4 is 0 Å². The van der Waals surface area contributed by atoms with Crippen LogP contribution in [0.2, 0.25) is 0 Å². The van der Waals surface area contributed by atoms with Crippen LogP contribution in [0.5, 0.6) is 5.75 Å². The van der Waals surface area contributed by atoms with E-state index in [-0.39, 0.29) is 6.04 Å². The second-order valence-electron chi connectivity index (χ2n) is 4.44. The summed E-state index contributed by atoms with van der Waals surface area (Å²) in [5.41, 5.74) is 9.74. The van der Waals surface area contributed by atoms with Crippen LogP contribution < -0.4 is 10.5 Å². The standard InChI is InChI=1S/C14H23NO/c1-5-6-7-13(15)12-8-10(2)14(16-4)11(3)9-12/h8-9,13H,5-7,15H2,1-4H3/t13-/m1/s1. The zero-order valence-electron chi connectivity index (χ0n) is 10.8. The van der Waals surface area contributed by atoms with Crippen molar-refractivity contribution in [3.8, 4) is 5.75 Å². The molecule has 0 aliphatic rings. The van der Waals surface area contributed by atoms with Gasteiger partial charge in [0.2, 0.25) is 0 Å². The predicted molar refractivity (Wildman–Crippen MR) is 68.9 cm³/mol. The first-order valence-corrected chi connectivity index (χ1v) is 6.00. The quantitative estimate of drug-likeness (QED) is 0.826. The number of aryl methyl sites for hydroxylation is 2. The molecule has 1 aromatic rings. The van der Waals surface area contributed by atoms with Crippen molar-refractivity contribution in [3.63, 3.8) is 0 Å². The molecule has 0 amide bonds. The summed E-state index contributed by atoms with van der Waals surface area (Å²) in [4.78, 5) is 0. The molecule has 0 aliphatic heterocycles. The number of rotatable bonds is 5. The number of ether oxygens (including phenoxy) is 1. The molecule has 0 saturated heterocycles. The van der Waals surface area contributed by atoms with Gasteiger partial charge in [-0.2, -0.15) is 0 Å². The van der Waals surface area contributed by atoms with Crippen molar-refractivity contribution in [1.82, 2.24) is 0 Å². The lowest BCUT2D eigenvalue weighted by atomic mass is 9.97. The van der Waals surface area contributed by atoms with Crippen molar-refractivity contribution in [2.24, 2.45) is 5.73 Å². The third-order valence-electron chi connectivity index (χ3n) is 2.98. The molecule has 0 spiro atoms. The Morgan fingerprint density at radius 2 is 1.81 bits per heavy atom. The smallest absolute Gasteiger partial charge is 0.124 e. The van der Waals surface area contributed by atoms with Gasteiger partial charge in [-0.05, 0) is 37.0 Å². The van der Waals surface area contributed by atoms with Crippen molar-refractivity contribution in [3.05, 3.63) is 28.8 Å². The molecule has 2 heteroatoms. The van der Waals surface area contributed by atoms with Crippen LogP contribution >= 0.6 is 0 Å². The fourth-order valence-corrected chi connectivity index (χ4v) is 2.11. The van der Waals surface area contributed by atoms with E-state index in [4.69, 9.17) is 10.5 Å². The van der Waals surface area contributed by atoms with E-state index in [0.29, 0.717) is 0 Å². The topological polar surface area (TPSA) is 35.2 Å². The number of benzene rings is 1. The number of methoxy groups -OCH3 is 1. The lowest BCUT2D eigenvalue weighted by molar-refractivity contribution is 0.408. The second-order valence-corrected chi connectivity index (χ2v) is 4.44. The Hall–Kier alpha value is -1.02. The molecule has 0 radical (unpaired) electrons. The van der Waals surface area contributed by atoms with E-state index in [2.05, 4.69) is 32.9 Å². The first-order chi connectivity index (χ1) is 7.60. The highest BCUT2D eigenvalue weighted by Crippen LogP contribution is 2.27. The molecule has 1 atom stereocenters.